The van der Waals surface area contributed by atoms with Gasteiger partial charge in [0.1, 0.15) is 11.6 Å². The van der Waals surface area contributed by atoms with Crippen molar-refractivity contribution in [1.82, 2.24) is 9.80 Å². The van der Waals surface area contributed by atoms with E-state index in [1.54, 1.807) is 6.07 Å². The fourth-order valence-corrected chi connectivity index (χ4v) is 2.88. The predicted octanol–water partition coefficient (Wildman–Crippen LogP) is 2.28. The second kappa shape index (κ2) is 9.08. The summed E-state index contributed by atoms with van der Waals surface area (Å²) in [7, 11) is 0. The average Bonchev–Trinajstić information content (AvgIpc) is 2.63. The van der Waals surface area contributed by atoms with Gasteiger partial charge in [-0.25, -0.2) is 0 Å². The van der Waals surface area contributed by atoms with Gasteiger partial charge in [-0.1, -0.05) is 11.6 Å². The number of nitrogens with one attached hydrogen (secondary N) is 1. The van der Waals surface area contributed by atoms with Crippen molar-refractivity contribution in [2.75, 3.05) is 44.6 Å². The van der Waals surface area contributed by atoms with Gasteiger partial charge in [0.15, 0.2) is 0 Å². The molecule has 1 fully saturated rings. The van der Waals surface area contributed by atoms with E-state index >= 15 is 0 Å². The largest absolute Gasteiger partial charge is 0.417 e. The molecule has 0 saturated carbocycles. The molecule has 1 amide bonds. The van der Waals surface area contributed by atoms with Crippen LogP contribution in [0.4, 0.5) is 18.9 Å². The second-order valence-electron chi connectivity index (χ2n) is 5.93. The quantitative estimate of drug-likeness (QED) is 0.584. The Morgan fingerprint density at radius 1 is 1.33 bits per heavy atom. The first kappa shape index (κ1) is 21.0. The van der Waals surface area contributed by atoms with Gasteiger partial charge in [-0.3, -0.25) is 9.69 Å². The Kier molecular flexibility index (Phi) is 7.07. The highest BCUT2D eigenvalue weighted by atomic mass is 35.5. The Hall–Kier alpha value is -2.28. The lowest BCUT2D eigenvalue weighted by atomic mass is 10.2. The molecule has 1 aliphatic heterocycles. The van der Waals surface area contributed by atoms with E-state index in [2.05, 4.69) is 10.2 Å². The first-order valence-corrected chi connectivity index (χ1v) is 8.59. The summed E-state index contributed by atoms with van der Waals surface area (Å²) >= 11 is 5.57. The molecule has 10 heteroatoms. The fourth-order valence-electron chi connectivity index (χ4n) is 2.66. The topological polar surface area (TPSA) is 85.4 Å². The molecule has 0 radical (unpaired) electrons. The van der Waals surface area contributed by atoms with Crippen LogP contribution in [0, 0.1) is 11.3 Å². The summed E-state index contributed by atoms with van der Waals surface area (Å²) < 4.78 is 38.7. The molecule has 0 bridgehead atoms. The zero-order valence-electron chi connectivity index (χ0n) is 14.4. The minimum absolute atomic E-state index is 0.0695. The lowest BCUT2D eigenvalue weighted by molar-refractivity contribution is -0.137. The monoisotopic (exact) mass is 401 g/mol. The summed E-state index contributed by atoms with van der Waals surface area (Å²) in [6, 6.07) is 5.05. The Balaban J connectivity index is 2.07. The molecule has 1 aliphatic rings. The number of nitriles is 1. The average molecular weight is 402 g/mol. The molecule has 3 N–H and O–H groups in total. The van der Waals surface area contributed by atoms with Crippen molar-refractivity contribution in [3.63, 3.8) is 0 Å². The minimum Gasteiger partial charge on any atom is -0.360 e. The van der Waals surface area contributed by atoms with Crippen LogP contribution in [0.5, 0.6) is 0 Å². The van der Waals surface area contributed by atoms with Gasteiger partial charge >= 0.3 is 6.18 Å². The molecule has 1 aromatic carbocycles. The van der Waals surface area contributed by atoms with Gasteiger partial charge in [0.2, 0.25) is 0 Å². The van der Waals surface area contributed by atoms with Crippen LogP contribution < -0.4 is 11.1 Å². The minimum atomic E-state index is -4.60. The van der Waals surface area contributed by atoms with Crippen molar-refractivity contribution in [2.45, 2.75) is 6.18 Å². The molecule has 0 atom stereocenters. The number of carbonyl (C=O) groups is 1. The number of anilines is 1. The van der Waals surface area contributed by atoms with Gasteiger partial charge in [0.25, 0.3) is 5.91 Å². The zero-order valence-corrected chi connectivity index (χ0v) is 15.1. The lowest BCUT2D eigenvalue weighted by Gasteiger charge is -2.34. The number of piperazine rings is 1. The summed E-state index contributed by atoms with van der Waals surface area (Å²) in [6.07, 6.45) is -3.49. The van der Waals surface area contributed by atoms with Crippen LogP contribution in [0.1, 0.15) is 5.56 Å². The SMILES string of the molecule is N#C/C(=C/Nc1ccc(Cl)c(C(F)(F)F)c1)C(=O)N1CCN(CCN)CC1. The maximum atomic E-state index is 12.9. The van der Waals surface area contributed by atoms with Crippen molar-refractivity contribution in [3.05, 3.63) is 40.6 Å². The highest BCUT2D eigenvalue weighted by Crippen LogP contribution is 2.36. The predicted molar refractivity (Wildman–Crippen MR) is 95.8 cm³/mol. The van der Waals surface area contributed by atoms with Gasteiger partial charge < -0.3 is 16.0 Å². The van der Waals surface area contributed by atoms with Crippen LogP contribution in [-0.4, -0.2) is 55.0 Å². The highest BCUT2D eigenvalue weighted by Gasteiger charge is 2.33. The Morgan fingerprint density at radius 2 is 2.00 bits per heavy atom. The van der Waals surface area contributed by atoms with Crippen LogP contribution in [0.25, 0.3) is 0 Å². The molecule has 27 heavy (non-hydrogen) atoms. The summed E-state index contributed by atoms with van der Waals surface area (Å²) in [4.78, 5) is 16.1. The molecule has 1 heterocycles. The summed E-state index contributed by atoms with van der Waals surface area (Å²) in [5.74, 6) is -0.470. The van der Waals surface area contributed by atoms with Crippen LogP contribution in [-0.2, 0) is 11.0 Å². The molecule has 1 saturated heterocycles. The maximum Gasteiger partial charge on any atom is 0.417 e. The lowest BCUT2D eigenvalue weighted by Crippen LogP contribution is -2.50. The number of carbonyl (C=O) groups excluding carboxylic acids is 1. The number of benzene rings is 1. The fraction of sp³-hybridized carbons (Fsp3) is 0.412. The summed E-state index contributed by atoms with van der Waals surface area (Å²) in [5.41, 5.74) is 4.39. The van der Waals surface area contributed by atoms with Crippen molar-refractivity contribution in [3.8, 4) is 6.07 Å². The van der Waals surface area contributed by atoms with Gasteiger partial charge in [0, 0.05) is 51.2 Å². The molecule has 0 unspecified atom stereocenters. The van der Waals surface area contributed by atoms with Crippen LogP contribution in [0.15, 0.2) is 30.0 Å². The van der Waals surface area contributed by atoms with Crippen LogP contribution in [0.3, 0.4) is 0 Å². The molecule has 2 rings (SSSR count). The summed E-state index contributed by atoms with van der Waals surface area (Å²) in [5, 5.41) is 11.4. The van der Waals surface area contributed by atoms with Crippen molar-refractivity contribution >= 4 is 23.2 Å². The molecule has 6 nitrogen and oxygen atoms in total. The molecule has 0 aliphatic carbocycles. The third-order valence-corrected chi connectivity index (χ3v) is 4.44. The van der Waals surface area contributed by atoms with Crippen LogP contribution in [0.2, 0.25) is 5.02 Å². The number of halogens is 4. The van der Waals surface area contributed by atoms with E-state index in [-0.39, 0.29) is 11.3 Å². The highest BCUT2D eigenvalue weighted by molar-refractivity contribution is 6.31. The third kappa shape index (κ3) is 5.60. The van der Waals surface area contributed by atoms with E-state index < -0.39 is 22.7 Å². The molecular formula is C17H19ClF3N5O. The van der Waals surface area contributed by atoms with Gasteiger partial charge in [-0.05, 0) is 18.2 Å². The number of nitrogens with zero attached hydrogens (tertiary/aromatic N) is 3. The summed E-state index contributed by atoms with van der Waals surface area (Å²) in [6.45, 7) is 3.49. The van der Waals surface area contributed by atoms with E-state index in [4.69, 9.17) is 17.3 Å². The Morgan fingerprint density at radius 3 is 2.56 bits per heavy atom. The first-order valence-electron chi connectivity index (χ1n) is 8.21. The number of nitrogens with two attached hydrogens (primary N) is 1. The normalized spacial score (nSPS) is 16.1. The van der Waals surface area contributed by atoms with E-state index in [0.29, 0.717) is 32.7 Å². The van der Waals surface area contributed by atoms with E-state index in [1.807, 2.05) is 0 Å². The van der Waals surface area contributed by atoms with E-state index in [9.17, 15) is 23.2 Å². The van der Waals surface area contributed by atoms with Crippen molar-refractivity contribution in [1.29, 1.82) is 5.26 Å². The molecule has 0 aromatic heterocycles. The molecule has 146 valence electrons. The van der Waals surface area contributed by atoms with Crippen molar-refractivity contribution < 1.29 is 18.0 Å². The van der Waals surface area contributed by atoms with E-state index in [0.717, 1.165) is 24.9 Å². The van der Waals surface area contributed by atoms with Crippen LogP contribution >= 0.6 is 11.6 Å². The standard InChI is InChI=1S/C17H19ClF3N5O/c18-15-2-1-13(9-14(15)17(19,20)21)24-11-12(10-23)16(27)26-7-5-25(4-3-22)6-8-26/h1-2,9,11,24H,3-8,22H2/b12-11-. The van der Waals surface area contributed by atoms with Gasteiger partial charge in [0.05, 0.1) is 10.6 Å². The van der Waals surface area contributed by atoms with E-state index in [1.165, 1.54) is 11.0 Å². The third-order valence-electron chi connectivity index (χ3n) is 4.11. The van der Waals surface area contributed by atoms with Crippen molar-refractivity contribution in [2.24, 2.45) is 5.73 Å². The molecule has 0 spiro atoms. The maximum absolute atomic E-state index is 12.9. The second-order valence-corrected chi connectivity index (χ2v) is 6.34. The number of amides is 1. The molecule has 1 aromatic rings. The number of hydrogen-bond donors (Lipinski definition) is 2. The number of hydrogen-bond acceptors (Lipinski definition) is 5. The number of rotatable bonds is 5. The first-order chi connectivity index (χ1) is 12.8. The van der Waals surface area contributed by atoms with Gasteiger partial charge in [-0.15, -0.1) is 0 Å². The Labute approximate surface area is 160 Å². The molecular weight excluding hydrogens is 383 g/mol. The smallest absolute Gasteiger partial charge is 0.360 e. The Bertz CT molecular complexity index is 752. The number of alkyl halides is 3. The van der Waals surface area contributed by atoms with Gasteiger partial charge in [-0.2, -0.15) is 18.4 Å². The zero-order chi connectivity index (χ0) is 20.0.